The molecule has 0 fully saturated rings. The predicted molar refractivity (Wildman–Crippen MR) is 63.8 cm³/mol. The molecule has 0 bridgehead atoms. The molecule has 0 saturated carbocycles. The number of hydrogen-bond donors (Lipinski definition) is 1. The Morgan fingerprint density at radius 3 is 3.00 bits per heavy atom. The Labute approximate surface area is 98.9 Å². The molecule has 1 aromatic heterocycles. The lowest BCUT2D eigenvalue weighted by Gasteiger charge is -2.14. The van der Waals surface area contributed by atoms with Gasteiger partial charge in [0.1, 0.15) is 5.75 Å². The largest absolute Gasteiger partial charge is 0.506 e. The van der Waals surface area contributed by atoms with E-state index in [0.29, 0.717) is 6.47 Å². The van der Waals surface area contributed by atoms with Crippen LogP contribution in [0, 0.1) is 0 Å². The van der Waals surface area contributed by atoms with Gasteiger partial charge in [-0.15, -0.1) is 0 Å². The number of hydrogen-bond acceptors (Lipinski definition) is 4. The second-order valence-corrected chi connectivity index (χ2v) is 3.90. The third kappa shape index (κ3) is 2.20. The number of aromatic hydroxyl groups is 1. The Balaban J connectivity index is 2.50. The summed E-state index contributed by atoms with van der Waals surface area (Å²) in [6.45, 7) is 2.55. The number of aromatic nitrogens is 1. The summed E-state index contributed by atoms with van der Waals surface area (Å²) in [5.41, 5.74) is 1.58. The van der Waals surface area contributed by atoms with Crippen molar-refractivity contribution in [1.29, 1.82) is 0 Å². The normalized spacial score (nSPS) is 12.3. The van der Waals surface area contributed by atoms with Crippen molar-refractivity contribution in [3.8, 4) is 5.75 Å². The van der Waals surface area contributed by atoms with Gasteiger partial charge in [0, 0.05) is 16.9 Å². The van der Waals surface area contributed by atoms with Crippen molar-refractivity contribution in [1.82, 2.24) is 4.98 Å². The zero-order valence-electron chi connectivity index (χ0n) is 9.46. The number of benzene rings is 1. The van der Waals surface area contributed by atoms with Crippen molar-refractivity contribution < 1.29 is 14.6 Å². The van der Waals surface area contributed by atoms with E-state index < -0.39 is 0 Å². The zero-order valence-corrected chi connectivity index (χ0v) is 9.46. The summed E-state index contributed by atoms with van der Waals surface area (Å²) >= 11 is 0. The van der Waals surface area contributed by atoms with Crippen LogP contribution in [0.4, 0.5) is 0 Å². The summed E-state index contributed by atoms with van der Waals surface area (Å²) < 4.78 is 4.74. The molecule has 0 radical (unpaired) electrons. The number of rotatable bonds is 4. The molecule has 0 aliphatic carbocycles. The highest BCUT2D eigenvalue weighted by Crippen LogP contribution is 2.31. The van der Waals surface area contributed by atoms with Crippen LogP contribution in [0.15, 0.2) is 30.5 Å². The molecular weight excluding hydrogens is 218 g/mol. The fraction of sp³-hybridized carbons (Fsp3) is 0.231. The highest BCUT2D eigenvalue weighted by molar-refractivity contribution is 5.84. The predicted octanol–water partition coefficient (Wildman–Crippen LogP) is 2.22. The van der Waals surface area contributed by atoms with Gasteiger partial charge >= 0.3 is 0 Å². The van der Waals surface area contributed by atoms with Crippen molar-refractivity contribution in [2.24, 2.45) is 0 Å². The monoisotopic (exact) mass is 231 g/mol. The van der Waals surface area contributed by atoms with Gasteiger partial charge in [0.05, 0.1) is 18.3 Å². The fourth-order valence-corrected chi connectivity index (χ4v) is 1.94. The van der Waals surface area contributed by atoms with Crippen LogP contribution in [-0.4, -0.2) is 23.2 Å². The highest BCUT2D eigenvalue weighted by Gasteiger charge is 2.15. The van der Waals surface area contributed by atoms with Crippen LogP contribution in [-0.2, 0) is 9.53 Å². The van der Waals surface area contributed by atoms with E-state index >= 15 is 0 Å². The maximum Gasteiger partial charge on any atom is 0.293 e. The topological polar surface area (TPSA) is 59.4 Å². The van der Waals surface area contributed by atoms with Gasteiger partial charge in [0.25, 0.3) is 6.47 Å². The molecule has 0 aliphatic rings. The lowest BCUT2D eigenvalue weighted by molar-refractivity contribution is -0.129. The first-order chi connectivity index (χ1) is 8.24. The standard InChI is InChI=1S/C13H13NO3/c1-9(7-17-8-15)13-10-4-2-3-5-11(10)14-6-12(13)16/h2-6,8-9,16H,7H2,1H3. The van der Waals surface area contributed by atoms with Crippen LogP contribution in [0.3, 0.4) is 0 Å². The fourth-order valence-electron chi connectivity index (χ4n) is 1.94. The second kappa shape index (κ2) is 4.82. The molecule has 4 heteroatoms. The number of nitrogens with zero attached hydrogens (tertiary/aromatic N) is 1. The molecule has 1 N–H and O–H groups in total. The third-order valence-corrected chi connectivity index (χ3v) is 2.70. The molecule has 17 heavy (non-hydrogen) atoms. The molecule has 1 heterocycles. The minimum absolute atomic E-state index is 0.0758. The van der Waals surface area contributed by atoms with Crippen molar-refractivity contribution in [3.05, 3.63) is 36.0 Å². The van der Waals surface area contributed by atoms with E-state index in [0.717, 1.165) is 16.5 Å². The Bertz CT molecular complexity index is 539. The number of carbonyl (C=O) groups is 1. The Morgan fingerprint density at radius 2 is 2.24 bits per heavy atom. The van der Waals surface area contributed by atoms with Crippen molar-refractivity contribution in [3.63, 3.8) is 0 Å². The van der Waals surface area contributed by atoms with Crippen LogP contribution < -0.4 is 0 Å². The van der Waals surface area contributed by atoms with Gasteiger partial charge in [0.2, 0.25) is 0 Å². The third-order valence-electron chi connectivity index (χ3n) is 2.70. The van der Waals surface area contributed by atoms with E-state index in [-0.39, 0.29) is 18.3 Å². The van der Waals surface area contributed by atoms with Crippen LogP contribution in [0.2, 0.25) is 0 Å². The Hall–Kier alpha value is -2.10. The molecule has 1 atom stereocenters. The van der Waals surface area contributed by atoms with Gasteiger partial charge in [-0.1, -0.05) is 25.1 Å². The van der Waals surface area contributed by atoms with Gasteiger partial charge < -0.3 is 9.84 Å². The number of ether oxygens (including phenoxy) is 1. The average Bonchev–Trinajstić information content (AvgIpc) is 2.35. The van der Waals surface area contributed by atoms with Gasteiger partial charge in [-0.05, 0) is 6.07 Å². The lowest BCUT2D eigenvalue weighted by Crippen LogP contribution is -2.04. The second-order valence-electron chi connectivity index (χ2n) is 3.90. The molecule has 0 amide bonds. The van der Waals surface area contributed by atoms with E-state index in [4.69, 9.17) is 4.74 Å². The van der Waals surface area contributed by atoms with E-state index in [1.165, 1.54) is 6.20 Å². The number of fused-ring (bicyclic) bond motifs is 1. The molecule has 2 aromatic rings. The summed E-state index contributed by atoms with van der Waals surface area (Å²) in [7, 11) is 0. The van der Waals surface area contributed by atoms with Crippen molar-refractivity contribution >= 4 is 17.4 Å². The maximum absolute atomic E-state index is 10.2. The molecule has 0 spiro atoms. The molecule has 2 rings (SSSR count). The van der Waals surface area contributed by atoms with E-state index in [9.17, 15) is 9.90 Å². The van der Waals surface area contributed by atoms with Crippen LogP contribution in [0.25, 0.3) is 10.9 Å². The first-order valence-electron chi connectivity index (χ1n) is 5.36. The number of carbonyl (C=O) groups excluding carboxylic acids is 1. The molecule has 0 aliphatic heterocycles. The van der Waals surface area contributed by atoms with E-state index in [1.54, 1.807) is 0 Å². The molecule has 1 aromatic carbocycles. The number of para-hydroxylation sites is 1. The summed E-state index contributed by atoms with van der Waals surface area (Å²) in [4.78, 5) is 14.3. The molecule has 88 valence electrons. The van der Waals surface area contributed by atoms with Gasteiger partial charge in [-0.2, -0.15) is 0 Å². The quantitative estimate of drug-likeness (QED) is 0.819. The first-order valence-corrected chi connectivity index (χ1v) is 5.36. The summed E-state index contributed by atoms with van der Waals surface area (Å²) in [5, 5.41) is 10.8. The highest BCUT2D eigenvalue weighted by atomic mass is 16.5. The van der Waals surface area contributed by atoms with Crippen LogP contribution in [0.1, 0.15) is 18.4 Å². The minimum atomic E-state index is -0.0758. The summed E-state index contributed by atoms with van der Waals surface area (Å²) in [6, 6.07) is 7.56. The van der Waals surface area contributed by atoms with Crippen LogP contribution in [0.5, 0.6) is 5.75 Å². The van der Waals surface area contributed by atoms with E-state index in [2.05, 4.69) is 4.98 Å². The maximum atomic E-state index is 10.2. The zero-order chi connectivity index (χ0) is 12.3. The first kappa shape index (κ1) is 11.4. The molecular formula is C13H13NO3. The smallest absolute Gasteiger partial charge is 0.293 e. The molecule has 0 saturated heterocycles. The molecule has 4 nitrogen and oxygen atoms in total. The van der Waals surface area contributed by atoms with Gasteiger partial charge in [-0.3, -0.25) is 9.78 Å². The van der Waals surface area contributed by atoms with Gasteiger partial charge in [-0.25, -0.2) is 0 Å². The SMILES string of the molecule is CC(COC=O)c1c(O)cnc2ccccc12. The Morgan fingerprint density at radius 1 is 1.47 bits per heavy atom. The average molecular weight is 231 g/mol. The van der Waals surface area contributed by atoms with E-state index in [1.807, 2.05) is 31.2 Å². The van der Waals surface area contributed by atoms with Crippen molar-refractivity contribution in [2.45, 2.75) is 12.8 Å². The van der Waals surface area contributed by atoms with Gasteiger partial charge in [0.15, 0.2) is 0 Å². The van der Waals surface area contributed by atoms with Crippen molar-refractivity contribution in [2.75, 3.05) is 6.61 Å². The summed E-state index contributed by atoms with van der Waals surface area (Å²) in [5.74, 6) is 0.0544. The molecule has 1 unspecified atom stereocenters. The minimum Gasteiger partial charge on any atom is -0.506 e. The van der Waals surface area contributed by atoms with Crippen LogP contribution >= 0.6 is 0 Å². The lowest BCUT2D eigenvalue weighted by atomic mass is 9.97. The summed E-state index contributed by atoms with van der Waals surface area (Å²) in [6.07, 6.45) is 1.43. The Kier molecular flexibility index (Phi) is 3.23. The number of pyridine rings is 1.